The van der Waals surface area contributed by atoms with E-state index >= 15 is 0 Å². The molecular weight excluding hydrogens is 300 g/mol. The molecule has 1 radical (unpaired) electrons. The smallest absolute Gasteiger partial charge is 0.136 e. The molecule has 0 bridgehead atoms. The van der Waals surface area contributed by atoms with E-state index in [4.69, 9.17) is 4.42 Å². The van der Waals surface area contributed by atoms with Gasteiger partial charge < -0.3 is 4.42 Å². The third-order valence-corrected chi connectivity index (χ3v) is 4.84. The van der Waals surface area contributed by atoms with Crippen LogP contribution in [0.1, 0.15) is 5.56 Å². The van der Waals surface area contributed by atoms with E-state index in [-0.39, 0.29) is 0 Å². The Labute approximate surface area is 140 Å². The van der Waals surface area contributed by atoms with Gasteiger partial charge in [-0.25, -0.2) is 0 Å². The largest absolute Gasteiger partial charge is 0.456 e. The first-order chi connectivity index (χ1) is 11.4. The third-order valence-electron chi connectivity index (χ3n) is 3.74. The van der Waals surface area contributed by atoms with Crippen LogP contribution in [0.4, 0.5) is 0 Å². The van der Waals surface area contributed by atoms with E-state index in [0.717, 1.165) is 32.9 Å². The van der Waals surface area contributed by atoms with E-state index in [2.05, 4.69) is 48.5 Å². The number of hydrogen-bond acceptors (Lipinski definition) is 2. The fourth-order valence-electron chi connectivity index (χ4n) is 2.58. The van der Waals surface area contributed by atoms with Gasteiger partial charge in [-0.2, -0.15) is 0 Å². The van der Waals surface area contributed by atoms with Crippen molar-refractivity contribution in [3.63, 3.8) is 0 Å². The van der Waals surface area contributed by atoms with Crippen LogP contribution in [0.15, 0.2) is 88.2 Å². The fourth-order valence-corrected chi connectivity index (χ4v) is 3.56. The van der Waals surface area contributed by atoms with Gasteiger partial charge in [-0.15, -0.1) is 11.8 Å². The molecule has 0 aliphatic heterocycles. The second-order valence-electron chi connectivity index (χ2n) is 5.34. The quantitative estimate of drug-likeness (QED) is 0.416. The first-order valence-corrected chi connectivity index (χ1v) is 8.55. The predicted octanol–water partition coefficient (Wildman–Crippen LogP) is 6.19. The van der Waals surface area contributed by atoms with Gasteiger partial charge in [0.2, 0.25) is 0 Å². The Morgan fingerprint density at radius 2 is 1.70 bits per heavy atom. The van der Waals surface area contributed by atoms with Crippen molar-refractivity contribution in [2.24, 2.45) is 0 Å². The highest BCUT2D eigenvalue weighted by atomic mass is 32.2. The van der Waals surface area contributed by atoms with E-state index in [1.807, 2.05) is 36.4 Å². The van der Waals surface area contributed by atoms with Crippen molar-refractivity contribution in [1.29, 1.82) is 0 Å². The Balaban J connectivity index is 1.66. The molecule has 0 aliphatic rings. The normalized spacial score (nSPS) is 11.0. The van der Waals surface area contributed by atoms with Gasteiger partial charge in [-0.05, 0) is 23.8 Å². The van der Waals surface area contributed by atoms with Gasteiger partial charge in [0.05, 0.1) is 0 Å². The van der Waals surface area contributed by atoms with Gasteiger partial charge in [0.15, 0.2) is 0 Å². The lowest BCUT2D eigenvalue weighted by molar-refractivity contribution is 0.630. The van der Waals surface area contributed by atoms with Gasteiger partial charge in [0, 0.05) is 21.6 Å². The Bertz CT molecular complexity index is 892. The minimum atomic E-state index is 0.901. The maximum atomic E-state index is 6.01. The topological polar surface area (TPSA) is 13.1 Å². The van der Waals surface area contributed by atoms with Crippen LogP contribution >= 0.6 is 11.8 Å². The molecule has 2 heteroatoms. The SMILES string of the molecule is [c]1cccc(-c2cc3ccccc3o2)c1SCc1ccccc1. The predicted molar refractivity (Wildman–Crippen MR) is 96.5 cm³/mol. The Morgan fingerprint density at radius 1 is 0.870 bits per heavy atom. The molecule has 111 valence electrons. The number of rotatable bonds is 4. The summed E-state index contributed by atoms with van der Waals surface area (Å²) in [5, 5.41) is 1.13. The number of para-hydroxylation sites is 1. The lowest BCUT2D eigenvalue weighted by Crippen LogP contribution is -1.83. The van der Waals surface area contributed by atoms with Gasteiger partial charge in [0.1, 0.15) is 11.3 Å². The maximum Gasteiger partial charge on any atom is 0.136 e. The molecule has 4 aromatic rings. The first-order valence-electron chi connectivity index (χ1n) is 7.56. The van der Waals surface area contributed by atoms with Gasteiger partial charge in [0.25, 0.3) is 0 Å². The number of benzene rings is 3. The summed E-state index contributed by atoms with van der Waals surface area (Å²) >= 11 is 1.79. The number of hydrogen-bond donors (Lipinski definition) is 0. The Morgan fingerprint density at radius 3 is 2.57 bits per heavy atom. The molecule has 0 unspecified atom stereocenters. The lowest BCUT2D eigenvalue weighted by Gasteiger charge is -2.06. The van der Waals surface area contributed by atoms with Crippen molar-refractivity contribution in [1.82, 2.24) is 0 Å². The summed E-state index contributed by atoms with van der Waals surface area (Å²) in [6, 6.07) is 30.1. The first kappa shape index (κ1) is 14.2. The molecule has 0 aliphatic carbocycles. The summed E-state index contributed by atoms with van der Waals surface area (Å²) in [7, 11) is 0. The molecular formula is C21H15OS. The van der Waals surface area contributed by atoms with Crippen LogP contribution in [-0.2, 0) is 5.75 Å². The van der Waals surface area contributed by atoms with E-state index in [0.29, 0.717) is 0 Å². The van der Waals surface area contributed by atoms with Crippen LogP contribution in [0, 0.1) is 6.07 Å². The highest BCUT2D eigenvalue weighted by Gasteiger charge is 2.10. The molecule has 0 fully saturated rings. The molecule has 0 amide bonds. The molecule has 3 aromatic carbocycles. The van der Waals surface area contributed by atoms with Crippen LogP contribution in [0.3, 0.4) is 0 Å². The van der Waals surface area contributed by atoms with E-state index in [1.165, 1.54) is 5.56 Å². The summed E-state index contributed by atoms with van der Waals surface area (Å²) in [6.45, 7) is 0. The molecule has 4 rings (SSSR count). The van der Waals surface area contributed by atoms with E-state index in [9.17, 15) is 0 Å². The zero-order valence-electron chi connectivity index (χ0n) is 12.5. The van der Waals surface area contributed by atoms with Crippen LogP contribution in [-0.4, -0.2) is 0 Å². The molecule has 0 spiro atoms. The summed E-state index contributed by atoms with van der Waals surface area (Å²) < 4.78 is 6.01. The zero-order valence-corrected chi connectivity index (χ0v) is 13.3. The summed E-state index contributed by atoms with van der Waals surface area (Å²) in [5.74, 6) is 1.83. The zero-order chi connectivity index (χ0) is 15.5. The Kier molecular flexibility index (Phi) is 3.91. The number of thioether (sulfide) groups is 1. The van der Waals surface area contributed by atoms with Crippen molar-refractivity contribution in [2.75, 3.05) is 0 Å². The maximum absolute atomic E-state index is 6.01. The molecule has 0 atom stereocenters. The summed E-state index contributed by atoms with van der Waals surface area (Å²) in [4.78, 5) is 1.12. The molecule has 1 aromatic heterocycles. The van der Waals surface area contributed by atoms with Crippen LogP contribution < -0.4 is 0 Å². The molecule has 0 saturated carbocycles. The van der Waals surface area contributed by atoms with Crippen LogP contribution in [0.5, 0.6) is 0 Å². The van der Waals surface area contributed by atoms with Crippen molar-refractivity contribution in [3.8, 4) is 11.3 Å². The Hall–Kier alpha value is -2.45. The average molecular weight is 315 g/mol. The van der Waals surface area contributed by atoms with Crippen LogP contribution in [0.25, 0.3) is 22.3 Å². The number of fused-ring (bicyclic) bond motifs is 1. The van der Waals surface area contributed by atoms with E-state index in [1.54, 1.807) is 11.8 Å². The highest BCUT2D eigenvalue weighted by Crippen LogP contribution is 2.35. The minimum Gasteiger partial charge on any atom is -0.456 e. The van der Waals surface area contributed by atoms with E-state index < -0.39 is 0 Å². The van der Waals surface area contributed by atoms with Gasteiger partial charge in [-0.3, -0.25) is 0 Å². The second kappa shape index (κ2) is 6.35. The lowest BCUT2D eigenvalue weighted by atomic mass is 10.1. The van der Waals surface area contributed by atoms with Crippen molar-refractivity contribution in [3.05, 3.63) is 90.5 Å². The molecule has 23 heavy (non-hydrogen) atoms. The molecule has 1 heterocycles. The highest BCUT2D eigenvalue weighted by molar-refractivity contribution is 7.98. The monoisotopic (exact) mass is 315 g/mol. The molecule has 0 saturated heterocycles. The molecule has 0 N–H and O–H groups in total. The van der Waals surface area contributed by atoms with Crippen molar-refractivity contribution < 1.29 is 4.42 Å². The van der Waals surface area contributed by atoms with Crippen molar-refractivity contribution >= 4 is 22.7 Å². The standard InChI is InChI=1S/C21H15OS/c1-2-8-16(9-3-1)15-23-21-13-7-5-11-18(21)20-14-17-10-4-6-12-19(17)22-20/h1-12,14H,15H2. The number of furan rings is 1. The van der Waals surface area contributed by atoms with Crippen molar-refractivity contribution in [2.45, 2.75) is 10.6 Å². The minimum absolute atomic E-state index is 0.901. The summed E-state index contributed by atoms with van der Waals surface area (Å²) in [6.07, 6.45) is 0. The second-order valence-corrected chi connectivity index (χ2v) is 6.32. The van der Waals surface area contributed by atoms with Gasteiger partial charge >= 0.3 is 0 Å². The third kappa shape index (κ3) is 3.03. The fraction of sp³-hybridized carbons (Fsp3) is 0.0476. The molecule has 1 nitrogen and oxygen atoms in total. The summed E-state index contributed by atoms with van der Waals surface area (Å²) in [5.41, 5.74) is 3.33. The average Bonchev–Trinajstić information content (AvgIpc) is 3.05. The van der Waals surface area contributed by atoms with Gasteiger partial charge in [-0.1, -0.05) is 66.7 Å². The van der Waals surface area contributed by atoms with Crippen LogP contribution in [0.2, 0.25) is 0 Å².